The van der Waals surface area contributed by atoms with Gasteiger partial charge in [-0.25, -0.2) is 0 Å². The third-order valence-electron chi connectivity index (χ3n) is 5.85. The van der Waals surface area contributed by atoms with Crippen LogP contribution < -0.4 is 10.1 Å². The van der Waals surface area contributed by atoms with Gasteiger partial charge in [0, 0.05) is 39.4 Å². The van der Waals surface area contributed by atoms with Gasteiger partial charge < -0.3 is 10.1 Å². The molecule has 0 spiro atoms. The average molecular weight is 522 g/mol. The zero-order valence-corrected chi connectivity index (χ0v) is 21.4. The van der Waals surface area contributed by atoms with E-state index in [1.54, 1.807) is 60.4 Å². The predicted octanol–water partition coefficient (Wildman–Crippen LogP) is 5.73. The van der Waals surface area contributed by atoms with Crippen molar-refractivity contribution >= 4 is 52.1 Å². The third-order valence-corrected chi connectivity index (χ3v) is 6.35. The normalized spacial score (nSPS) is 11.2. The number of aliphatic imine (C=N–C) groups is 1. The Hall–Kier alpha value is -3.61. The minimum atomic E-state index is -0.192. The van der Waals surface area contributed by atoms with Crippen LogP contribution in [0.3, 0.4) is 0 Å². The first-order valence-corrected chi connectivity index (χ1v) is 12.1. The van der Waals surface area contributed by atoms with Crippen molar-refractivity contribution in [3.05, 3.63) is 99.2 Å². The minimum absolute atomic E-state index is 0.122. The Kier molecular flexibility index (Phi) is 8.08. The monoisotopic (exact) mass is 521 g/mol. The fourth-order valence-corrected chi connectivity index (χ4v) is 4.25. The fraction of sp³-hybridized carbons (Fsp3) is 0.179. The molecule has 0 saturated heterocycles. The summed E-state index contributed by atoms with van der Waals surface area (Å²) < 4.78 is 7.03. The van der Waals surface area contributed by atoms with E-state index in [0.29, 0.717) is 45.7 Å². The lowest BCUT2D eigenvalue weighted by Crippen LogP contribution is -2.27. The number of aromatic nitrogens is 1. The van der Waals surface area contributed by atoms with Gasteiger partial charge in [-0.2, -0.15) is 0 Å². The number of hydrogen-bond donors (Lipinski definition) is 1. The van der Waals surface area contributed by atoms with E-state index < -0.39 is 0 Å². The zero-order valence-electron chi connectivity index (χ0n) is 19.9. The Morgan fingerprint density at radius 3 is 2.33 bits per heavy atom. The lowest BCUT2D eigenvalue weighted by atomic mass is 10.1. The second kappa shape index (κ2) is 11.4. The molecule has 0 bridgehead atoms. The second-order valence-corrected chi connectivity index (χ2v) is 9.08. The molecule has 0 aliphatic carbocycles. The summed E-state index contributed by atoms with van der Waals surface area (Å²) in [6.07, 6.45) is 1.87. The van der Waals surface area contributed by atoms with Crippen LogP contribution in [0.4, 0.5) is 0 Å². The molecule has 1 amide bonds. The number of hydrogen-bond acceptors (Lipinski definition) is 4. The molecule has 6 nitrogen and oxygen atoms in total. The summed E-state index contributed by atoms with van der Waals surface area (Å²) in [6, 6.07) is 19.6. The summed E-state index contributed by atoms with van der Waals surface area (Å²) in [5.41, 5.74) is 3.63. The quantitative estimate of drug-likeness (QED) is 0.237. The van der Waals surface area contributed by atoms with E-state index in [2.05, 4.69) is 10.3 Å². The van der Waals surface area contributed by atoms with Crippen LogP contribution in [0.25, 0.3) is 10.9 Å². The van der Waals surface area contributed by atoms with Gasteiger partial charge in [-0.1, -0.05) is 35.3 Å². The molecule has 1 N–H and O–H groups in total. The highest BCUT2D eigenvalue weighted by atomic mass is 35.5. The van der Waals surface area contributed by atoms with Crippen molar-refractivity contribution in [1.29, 1.82) is 0 Å². The van der Waals surface area contributed by atoms with Crippen LogP contribution in [0.5, 0.6) is 5.75 Å². The summed E-state index contributed by atoms with van der Waals surface area (Å²) in [4.78, 5) is 30.5. The van der Waals surface area contributed by atoms with Gasteiger partial charge in [0.1, 0.15) is 5.75 Å². The molecule has 1 heterocycles. The van der Waals surface area contributed by atoms with E-state index in [1.807, 2.05) is 31.2 Å². The van der Waals surface area contributed by atoms with Crippen molar-refractivity contribution in [2.75, 3.05) is 20.2 Å². The van der Waals surface area contributed by atoms with Crippen molar-refractivity contribution in [2.45, 2.75) is 13.3 Å². The van der Waals surface area contributed by atoms with Gasteiger partial charge in [0.15, 0.2) is 0 Å². The molecule has 0 unspecified atom stereocenters. The van der Waals surface area contributed by atoms with Crippen LogP contribution >= 0.6 is 23.2 Å². The number of nitrogens with one attached hydrogen (secondary N) is 1. The van der Waals surface area contributed by atoms with Crippen molar-refractivity contribution < 1.29 is 14.3 Å². The van der Waals surface area contributed by atoms with Crippen LogP contribution in [0.15, 0.2) is 71.7 Å². The predicted molar refractivity (Wildman–Crippen MR) is 145 cm³/mol. The number of methoxy groups -OCH3 is 1. The highest BCUT2D eigenvalue weighted by Gasteiger charge is 2.22. The third kappa shape index (κ3) is 5.78. The van der Waals surface area contributed by atoms with E-state index in [1.165, 1.54) is 0 Å². The summed E-state index contributed by atoms with van der Waals surface area (Å²) in [7, 11) is 1.58. The average Bonchev–Trinajstić information content (AvgIpc) is 3.15. The largest absolute Gasteiger partial charge is 0.497 e. The lowest BCUT2D eigenvalue weighted by Gasteiger charge is -2.08. The molecular formula is C28H25Cl2N3O3. The number of benzene rings is 3. The summed E-state index contributed by atoms with van der Waals surface area (Å²) in [6.45, 7) is 2.69. The Bertz CT molecular complexity index is 1430. The van der Waals surface area contributed by atoms with Crippen molar-refractivity contribution in [2.24, 2.45) is 4.99 Å². The van der Waals surface area contributed by atoms with Gasteiger partial charge in [-0.3, -0.25) is 19.1 Å². The first-order valence-electron chi connectivity index (χ1n) is 11.4. The van der Waals surface area contributed by atoms with Crippen LogP contribution in [0, 0.1) is 6.92 Å². The van der Waals surface area contributed by atoms with E-state index in [9.17, 15) is 9.59 Å². The number of amides is 1. The van der Waals surface area contributed by atoms with Crippen molar-refractivity contribution in [3.8, 4) is 5.75 Å². The SMILES string of the molecule is COc1ccc2c(c1)c(CC(=O)NCCN=Cc1ccc(Cl)cc1)c(C)n2C(=O)c1ccc(Cl)cc1. The molecule has 4 aromatic rings. The van der Waals surface area contributed by atoms with Gasteiger partial charge in [-0.15, -0.1) is 0 Å². The van der Waals surface area contributed by atoms with Gasteiger partial charge in [-0.05, 0) is 72.6 Å². The molecule has 8 heteroatoms. The molecule has 0 aliphatic heterocycles. The molecule has 4 rings (SSSR count). The standard InChI is InChI=1S/C28H25Cl2N3O3/c1-18-24(16-27(34)32-14-13-31-17-19-3-7-21(29)8-4-19)25-15-23(36-2)11-12-26(25)33(18)28(35)20-5-9-22(30)10-6-20/h3-12,15,17H,13-14,16H2,1-2H3,(H,32,34). The highest BCUT2D eigenvalue weighted by Crippen LogP contribution is 2.30. The van der Waals surface area contributed by atoms with Gasteiger partial charge >= 0.3 is 0 Å². The molecule has 0 saturated carbocycles. The van der Waals surface area contributed by atoms with Crippen molar-refractivity contribution in [3.63, 3.8) is 0 Å². The van der Waals surface area contributed by atoms with Crippen LogP contribution in [-0.4, -0.2) is 42.8 Å². The number of carbonyl (C=O) groups excluding carboxylic acids is 2. The molecule has 0 fully saturated rings. The number of nitrogens with zero attached hydrogens (tertiary/aromatic N) is 2. The van der Waals surface area contributed by atoms with Gasteiger partial charge in [0.2, 0.25) is 5.91 Å². The maximum atomic E-state index is 13.4. The van der Waals surface area contributed by atoms with E-state index >= 15 is 0 Å². The first-order chi connectivity index (χ1) is 17.4. The fourth-order valence-electron chi connectivity index (χ4n) is 4.00. The molecule has 1 aromatic heterocycles. The van der Waals surface area contributed by atoms with E-state index in [4.69, 9.17) is 27.9 Å². The second-order valence-electron chi connectivity index (χ2n) is 8.21. The van der Waals surface area contributed by atoms with E-state index in [0.717, 1.165) is 16.5 Å². The highest BCUT2D eigenvalue weighted by molar-refractivity contribution is 6.31. The maximum absolute atomic E-state index is 13.4. The smallest absolute Gasteiger partial charge is 0.262 e. The maximum Gasteiger partial charge on any atom is 0.262 e. The van der Waals surface area contributed by atoms with Crippen LogP contribution in [0.2, 0.25) is 10.0 Å². The van der Waals surface area contributed by atoms with Gasteiger partial charge in [0.05, 0.1) is 25.6 Å². The molecule has 0 atom stereocenters. The van der Waals surface area contributed by atoms with E-state index in [-0.39, 0.29) is 18.2 Å². The van der Waals surface area contributed by atoms with Gasteiger partial charge in [0.25, 0.3) is 5.91 Å². The number of carbonyl (C=O) groups is 2. The lowest BCUT2D eigenvalue weighted by molar-refractivity contribution is -0.120. The summed E-state index contributed by atoms with van der Waals surface area (Å²) in [5, 5.41) is 4.93. The summed E-state index contributed by atoms with van der Waals surface area (Å²) in [5.74, 6) is 0.305. The number of fused-ring (bicyclic) bond motifs is 1. The molecule has 0 aliphatic rings. The molecule has 0 radical (unpaired) electrons. The first kappa shape index (κ1) is 25.5. The van der Waals surface area contributed by atoms with Crippen LogP contribution in [-0.2, 0) is 11.2 Å². The number of ether oxygens (including phenoxy) is 1. The number of halogens is 2. The molecule has 36 heavy (non-hydrogen) atoms. The topological polar surface area (TPSA) is 72.7 Å². The Morgan fingerprint density at radius 1 is 1.00 bits per heavy atom. The Balaban J connectivity index is 1.51. The summed E-state index contributed by atoms with van der Waals surface area (Å²) >= 11 is 11.9. The molecule has 184 valence electrons. The molecular weight excluding hydrogens is 497 g/mol. The Morgan fingerprint density at radius 2 is 1.67 bits per heavy atom. The number of rotatable bonds is 8. The molecule has 3 aromatic carbocycles. The zero-order chi connectivity index (χ0) is 25.7. The van der Waals surface area contributed by atoms with Crippen molar-refractivity contribution in [1.82, 2.24) is 9.88 Å². The Labute approximate surface area is 219 Å². The van der Waals surface area contributed by atoms with Crippen LogP contribution in [0.1, 0.15) is 27.2 Å². The minimum Gasteiger partial charge on any atom is -0.497 e.